The minimum atomic E-state index is -0.623. The molecule has 0 saturated carbocycles. The molecule has 2 atom stereocenters. The van der Waals surface area contributed by atoms with Crippen LogP contribution in [-0.2, 0) is 14.3 Å². The molecule has 2 unspecified atom stereocenters. The monoisotopic (exact) mass is 357 g/mol. The van der Waals surface area contributed by atoms with Crippen molar-refractivity contribution in [1.29, 1.82) is 0 Å². The summed E-state index contributed by atoms with van der Waals surface area (Å²) in [4.78, 5) is 25.9. The third kappa shape index (κ3) is 3.07. The zero-order chi connectivity index (χ0) is 16.4. The van der Waals surface area contributed by atoms with E-state index in [-0.39, 0.29) is 30.6 Å². The van der Waals surface area contributed by atoms with Gasteiger partial charge in [0.15, 0.2) is 11.5 Å². The Balaban J connectivity index is 1.88. The van der Waals surface area contributed by atoms with Crippen LogP contribution in [0.3, 0.4) is 0 Å². The minimum absolute atomic E-state index is 0.183. The van der Waals surface area contributed by atoms with Gasteiger partial charge in [0.1, 0.15) is 17.3 Å². The van der Waals surface area contributed by atoms with Crippen molar-refractivity contribution in [1.82, 2.24) is 4.90 Å². The fourth-order valence-electron chi connectivity index (χ4n) is 2.62. The predicted octanol–water partition coefficient (Wildman–Crippen LogP) is 2.16. The molecule has 0 spiro atoms. The molecule has 1 aromatic rings. The van der Waals surface area contributed by atoms with Gasteiger partial charge in [-0.3, -0.25) is 4.79 Å². The van der Waals surface area contributed by atoms with Crippen LogP contribution in [-0.4, -0.2) is 47.9 Å². The zero-order valence-electron chi connectivity index (χ0n) is 12.5. The van der Waals surface area contributed by atoms with Crippen LogP contribution in [0.1, 0.15) is 17.9 Å². The van der Waals surface area contributed by atoms with E-state index >= 15 is 0 Å². The molecule has 0 radical (unpaired) electrons. The number of amides is 1. The Hall–Kier alpha value is -1.60. The van der Waals surface area contributed by atoms with E-state index in [1.807, 2.05) is 12.1 Å². The van der Waals surface area contributed by atoms with Gasteiger partial charge in [0.2, 0.25) is 12.7 Å². The van der Waals surface area contributed by atoms with E-state index in [4.69, 9.17) is 25.8 Å². The van der Waals surface area contributed by atoms with Crippen LogP contribution in [0.4, 0.5) is 0 Å². The number of carbonyl (C=O) groups is 2. The summed E-state index contributed by atoms with van der Waals surface area (Å²) in [6.45, 7) is 2.20. The van der Waals surface area contributed by atoms with Gasteiger partial charge in [0.25, 0.3) is 0 Å². The Morgan fingerprint density at radius 2 is 2.17 bits per heavy atom. The first-order chi connectivity index (χ1) is 11.2. The van der Waals surface area contributed by atoms with Gasteiger partial charge in [0, 0.05) is 5.75 Å². The van der Waals surface area contributed by atoms with E-state index in [0.29, 0.717) is 17.3 Å². The van der Waals surface area contributed by atoms with Gasteiger partial charge in [-0.1, -0.05) is 6.07 Å². The highest BCUT2D eigenvalue weighted by molar-refractivity contribution is 7.99. The van der Waals surface area contributed by atoms with Crippen LogP contribution in [0.15, 0.2) is 18.2 Å². The lowest BCUT2D eigenvalue weighted by Gasteiger charge is -2.28. The van der Waals surface area contributed by atoms with Crippen molar-refractivity contribution in [2.24, 2.45) is 0 Å². The average molecular weight is 358 g/mol. The number of fused-ring (bicyclic) bond motifs is 1. The largest absolute Gasteiger partial charge is 0.464 e. The van der Waals surface area contributed by atoms with Gasteiger partial charge in [0.05, 0.1) is 6.61 Å². The molecular formula is C15H16ClNO5S. The van der Waals surface area contributed by atoms with E-state index in [2.05, 4.69) is 0 Å². The highest BCUT2D eigenvalue weighted by atomic mass is 35.5. The molecule has 0 aromatic heterocycles. The van der Waals surface area contributed by atoms with Crippen molar-refractivity contribution < 1.29 is 23.8 Å². The van der Waals surface area contributed by atoms with Crippen LogP contribution < -0.4 is 9.47 Å². The summed E-state index contributed by atoms with van der Waals surface area (Å²) in [5.41, 5.74) is 0.865. The molecule has 1 fully saturated rings. The first kappa shape index (κ1) is 16.3. The first-order valence-electron chi connectivity index (χ1n) is 7.20. The quantitative estimate of drug-likeness (QED) is 0.607. The van der Waals surface area contributed by atoms with Crippen LogP contribution in [0, 0.1) is 0 Å². The summed E-state index contributed by atoms with van der Waals surface area (Å²) in [6, 6.07) is 4.88. The maximum atomic E-state index is 12.3. The third-order valence-electron chi connectivity index (χ3n) is 3.64. The molecule has 1 aromatic carbocycles. The second-order valence-electron chi connectivity index (χ2n) is 5.00. The lowest BCUT2D eigenvalue weighted by Crippen LogP contribution is -2.44. The van der Waals surface area contributed by atoms with Gasteiger partial charge in [-0.05, 0) is 24.6 Å². The van der Waals surface area contributed by atoms with E-state index in [1.54, 1.807) is 13.0 Å². The number of rotatable bonds is 4. The van der Waals surface area contributed by atoms with Crippen molar-refractivity contribution in [3.05, 3.63) is 23.8 Å². The van der Waals surface area contributed by atoms with Crippen molar-refractivity contribution in [2.75, 3.05) is 25.0 Å². The summed E-state index contributed by atoms with van der Waals surface area (Å²) in [6.07, 6.45) is 0. The first-order valence-corrected chi connectivity index (χ1v) is 8.79. The SMILES string of the molecule is CCOC(=O)C1CSC(c2ccc3c(c2)OCO3)N1C(=O)CCl. The number of benzene rings is 1. The molecular weight excluding hydrogens is 342 g/mol. The van der Waals surface area contributed by atoms with Crippen molar-refractivity contribution in [2.45, 2.75) is 18.3 Å². The Morgan fingerprint density at radius 1 is 1.39 bits per heavy atom. The molecule has 2 aliphatic rings. The lowest BCUT2D eigenvalue weighted by atomic mass is 10.1. The maximum absolute atomic E-state index is 12.3. The molecule has 1 amide bonds. The molecule has 1 saturated heterocycles. The standard InChI is InChI=1S/C15H16ClNO5S/c1-2-20-15(19)10-7-23-14(17(10)13(18)6-16)9-3-4-11-12(5-9)22-8-21-11/h3-5,10,14H,2,6-8H2,1H3. The van der Waals surface area contributed by atoms with E-state index in [9.17, 15) is 9.59 Å². The molecule has 3 rings (SSSR count). The van der Waals surface area contributed by atoms with Crippen molar-refractivity contribution >= 4 is 35.2 Å². The van der Waals surface area contributed by atoms with Crippen LogP contribution in [0.25, 0.3) is 0 Å². The van der Waals surface area contributed by atoms with Gasteiger partial charge in [-0.25, -0.2) is 4.79 Å². The average Bonchev–Trinajstić information content (AvgIpc) is 3.20. The molecule has 124 valence electrons. The summed E-state index contributed by atoms with van der Waals surface area (Å²) in [5.74, 6) is 0.909. The van der Waals surface area contributed by atoms with E-state index in [0.717, 1.165) is 5.56 Å². The normalized spacial score (nSPS) is 22.3. The Morgan fingerprint density at radius 3 is 2.91 bits per heavy atom. The van der Waals surface area contributed by atoms with Gasteiger partial charge in [-0.15, -0.1) is 23.4 Å². The Bertz CT molecular complexity index is 626. The van der Waals surface area contributed by atoms with Crippen molar-refractivity contribution in [3.63, 3.8) is 0 Å². The fraction of sp³-hybridized carbons (Fsp3) is 0.467. The summed E-state index contributed by atoms with van der Waals surface area (Å²) in [5, 5.41) is -0.301. The third-order valence-corrected chi connectivity index (χ3v) is 5.19. The number of hydrogen-bond donors (Lipinski definition) is 0. The molecule has 23 heavy (non-hydrogen) atoms. The number of hydrogen-bond acceptors (Lipinski definition) is 6. The molecule has 0 N–H and O–H groups in total. The molecule has 6 nitrogen and oxygen atoms in total. The fourth-order valence-corrected chi connectivity index (χ4v) is 4.19. The summed E-state index contributed by atoms with van der Waals surface area (Å²) >= 11 is 7.23. The van der Waals surface area contributed by atoms with Gasteiger partial charge >= 0.3 is 5.97 Å². The molecule has 0 aliphatic carbocycles. The van der Waals surface area contributed by atoms with E-state index in [1.165, 1.54) is 16.7 Å². The number of halogens is 1. The lowest BCUT2D eigenvalue weighted by molar-refractivity contribution is -0.153. The molecule has 0 bridgehead atoms. The highest BCUT2D eigenvalue weighted by Gasteiger charge is 2.43. The summed E-state index contributed by atoms with van der Waals surface area (Å²) in [7, 11) is 0. The van der Waals surface area contributed by atoms with Gasteiger partial charge < -0.3 is 19.1 Å². The molecule has 2 heterocycles. The zero-order valence-corrected chi connectivity index (χ0v) is 14.1. The smallest absolute Gasteiger partial charge is 0.329 e. The minimum Gasteiger partial charge on any atom is -0.464 e. The maximum Gasteiger partial charge on any atom is 0.329 e. The predicted molar refractivity (Wildman–Crippen MR) is 85.8 cm³/mol. The number of nitrogens with zero attached hydrogens (tertiary/aromatic N) is 1. The second kappa shape index (κ2) is 6.88. The number of alkyl halides is 1. The number of ether oxygens (including phenoxy) is 3. The number of esters is 1. The molecule has 8 heteroatoms. The Labute approximate surface area is 143 Å². The van der Waals surface area contributed by atoms with Crippen LogP contribution in [0.5, 0.6) is 11.5 Å². The molecule has 2 aliphatic heterocycles. The van der Waals surface area contributed by atoms with Gasteiger partial charge in [-0.2, -0.15) is 0 Å². The van der Waals surface area contributed by atoms with Crippen LogP contribution >= 0.6 is 23.4 Å². The number of carbonyl (C=O) groups excluding carboxylic acids is 2. The summed E-state index contributed by atoms with van der Waals surface area (Å²) < 4.78 is 15.8. The number of thioether (sulfide) groups is 1. The highest BCUT2D eigenvalue weighted by Crippen LogP contribution is 2.44. The topological polar surface area (TPSA) is 65.1 Å². The Kier molecular flexibility index (Phi) is 4.87. The second-order valence-corrected chi connectivity index (χ2v) is 6.38. The van der Waals surface area contributed by atoms with Crippen molar-refractivity contribution in [3.8, 4) is 11.5 Å². The van der Waals surface area contributed by atoms with Crippen LogP contribution in [0.2, 0.25) is 0 Å². The van der Waals surface area contributed by atoms with E-state index < -0.39 is 12.0 Å².